The fourth-order valence-corrected chi connectivity index (χ4v) is 3.48. The van der Waals surface area contributed by atoms with Crippen LogP contribution in [0.5, 0.6) is 0 Å². The SMILES string of the molecule is CCCCCCCCCCCCCCCCCCN.CSSC.NC(=O)[O][Mo].c1ccc2[nH]nnc2c1. The summed E-state index contributed by atoms with van der Waals surface area (Å²) in [6, 6.07) is 7.74. The normalized spacial score (nSPS) is 9.84. The third kappa shape index (κ3) is 31.4. The van der Waals surface area contributed by atoms with Crippen molar-refractivity contribution in [1.29, 1.82) is 0 Å². The second-order valence-electron chi connectivity index (χ2n) is 8.66. The first kappa shape index (κ1) is 38.4. The quantitative estimate of drug-likeness (QED) is 0.0905. The molecule has 1 amide bonds. The molecule has 0 radical (unpaired) electrons. The largest absolute Gasteiger partial charge is 0.258 e. The summed E-state index contributed by atoms with van der Waals surface area (Å²) in [5, 5.41) is 10.2. The molecule has 0 aliphatic carbocycles. The number of nitrogens with one attached hydrogen (secondary N) is 1. The first-order chi connectivity index (χ1) is 18.1. The summed E-state index contributed by atoms with van der Waals surface area (Å²) in [6.07, 6.45) is 26.2. The summed E-state index contributed by atoms with van der Waals surface area (Å²) in [4.78, 5) is 9.37. The number of nitrogens with two attached hydrogens (primary N) is 2. The standard InChI is InChI=1S/C18H39N.C6H5N3.C2H6S2.CH3NO2.Mo/c1-2-3-4-5-6-7-8-9-10-11-12-13-14-15-16-17-18-19;1-2-4-6-5(3-1)7-9-8-6;1-3-4-2;2-1(3)4;/h2-19H2,1H3;1-4H,(H,7,8,9);1-2H3;2H2,(H,3,4);/q;;;;+1/p-1. The Labute approximate surface area is 245 Å². The molecule has 0 saturated carbocycles. The van der Waals surface area contributed by atoms with E-state index in [4.69, 9.17) is 5.73 Å². The number of hydrogen-bond acceptors (Lipinski definition) is 7. The molecule has 2 rings (SSSR count). The van der Waals surface area contributed by atoms with E-state index in [0.717, 1.165) is 17.6 Å². The number of primary amides is 1. The second kappa shape index (κ2) is 33.3. The molecule has 0 spiro atoms. The molecule has 0 atom stereocenters. The average Bonchev–Trinajstić information content (AvgIpc) is 3.41. The number of aromatic amines is 1. The van der Waals surface area contributed by atoms with Gasteiger partial charge in [-0.05, 0) is 37.6 Å². The molecule has 0 fully saturated rings. The van der Waals surface area contributed by atoms with Crippen molar-refractivity contribution in [1.82, 2.24) is 15.4 Å². The van der Waals surface area contributed by atoms with Crippen LogP contribution in [-0.2, 0) is 23.6 Å². The molecule has 0 aliphatic heterocycles. The minimum absolute atomic E-state index is 0.741. The van der Waals surface area contributed by atoms with E-state index in [9.17, 15) is 4.79 Å². The maximum atomic E-state index is 9.37. The molecule has 5 N–H and O–H groups in total. The Morgan fingerprint density at radius 2 is 1.24 bits per heavy atom. The Kier molecular flexibility index (Phi) is 34.5. The summed E-state index contributed by atoms with van der Waals surface area (Å²) >= 11 is 1.17. The zero-order valence-electron chi connectivity index (χ0n) is 23.4. The van der Waals surface area contributed by atoms with Gasteiger partial charge in [0, 0.05) is 0 Å². The van der Waals surface area contributed by atoms with Gasteiger partial charge in [-0.25, -0.2) is 0 Å². The maximum Gasteiger partial charge on any atom is 0.112 e. The monoisotopic (exact) mass is 640 g/mol. The molecule has 37 heavy (non-hydrogen) atoms. The van der Waals surface area contributed by atoms with E-state index in [-0.39, 0.29) is 0 Å². The van der Waals surface area contributed by atoms with Crippen LogP contribution < -0.4 is 11.5 Å². The fourth-order valence-electron chi connectivity index (χ4n) is 3.48. The Morgan fingerprint density at radius 3 is 1.59 bits per heavy atom. The third-order valence-electron chi connectivity index (χ3n) is 5.54. The number of amides is 1. The summed E-state index contributed by atoms with van der Waals surface area (Å²) < 4.78 is 3.90. The van der Waals surface area contributed by atoms with Crippen LogP contribution in [0.4, 0.5) is 4.79 Å². The van der Waals surface area contributed by atoms with Crippen molar-refractivity contribution in [2.24, 2.45) is 11.5 Å². The van der Waals surface area contributed by atoms with Gasteiger partial charge in [0.2, 0.25) is 0 Å². The number of H-pyrrole nitrogens is 1. The van der Waals surface area contributed by atoms with Gasteiger partial charge in [0.05, 0.1) is 5.52 Å². The van der Waals surface area contributed by atoms with Gasteiger partial charge in [-0.1, -0.05) is 142 Å². The van der Waals surface area contributed by atoms with E-state index in [1.165, 1.54) is 123 Å². The van der Waals surface area contributed by atoms with Gasteiger partial charge in [-0.3, -0.25) is 5.10 Å². The molecule has 7 nitrogen and oxygen atoms in total. The van der Waals surface area contributed by atoms with Crippen LogP contribution in [0.15, 0.2) is 24.3 Å². The van der Waals surface area contributed by atoms with Gasteiger partial charge in [0.15, 0.2) is 0 Å². The van der Waals surface area contributed by atoms with Gasteiger partial charge in [0.25, 0.3) is 0 Å². The van der Waals surface area contributed by atoms with Crippen molar-refractivity contribution in [3.8, 4) is 0 Å². The average molecular weight is 639 g/mol. The van der Waals surface area contributed by atoms with E-state index in [1.54, 1.807) is 21.6 Å². The first-order valence-electron chi connectivity index (χ1n) is 13.7. The second-order valence-corrected chi connectivity index (χ2v) is 11.7. The molecule has 0 bridgehead atoms. The van der Waals surface area contributed by atoms with Crippen molar-refractivity contribution in [2.45, 2.75) is 110 Å². The molecular weight excluding hydrogens is 586 g/mol. The number of carbonyl (C=O) groups excluding carboxylic acids is 1. The molecule has 2 aromatic rings. The van der Waals surface area contributed by atoms with Gasteiger partial charge in [0.1, 0.15) is 5.52 Å². The Bertz CT molecular complexity index is 662. The first-order valence-corrected chi connectivity index (χ1v) is 17.5. The number of fused-ring (bicyclic) bond motifs is 1. The predicted octanol–water partition coefficient (Wildman–Crippen LogP) is 8.34. The Balaban J connectivity index is 0. The molecule has 0 aliphatic rings. The van der Waals surface area contributed by atoms with Crippen molar-refractivity contribution >= 4 is 38.7 Å². The number of hydrogen-bond donors (Lipinski definition) is 3. The van der Waals surface area contributed by atoms with Gasteiger partial charge in [-0.2, -0.15) is 0 Å². The minimum Gasteiger partial charge on any atom is -0.258 e. The van der Waals surface area contributed by atoms with Gasteiger partial charge >= 0.3 is 40.2 Å². The molecule has 1 aromatic heterocycles. The van der Waals surface area contributed by atoms with E-state index in [0.29, 0.717) is 0 Å². The topological polar surface area (TPSA) is 120 Å². The van der Waals surface area contributed by atoms with Crippen LogP contribution in [0.1, 0.15) is 110 Å². The maximum absolute atomic E-state index is 9.37. The van der Waals surface area contributed by atoms with Crippen LogP contribution in [-0.4, -0.2) is 40.6 Å². The zero-order chi connectivity index (χ0) is 27.8. The molecular formula is C27H52MoN5O2S2. The number of aromatic nitrogens is 3. The predicted molar refractivity (Wildman–Crippen MR) is 160 cm³/mol. The number of carbonyl (C=O) groups is 1. The number of unbranched alkanes of at least 4 members (excludes halogenated alkanes) is 15. The van der Waals surface area contributed by atoms with E-state index in [2.05, 4.69) is 44.0 Å². The van der Waals surface area contributed by atoms with Crippen LogP contribution in [0, 0.1) is 0 Å². The Hall–Kier alpha value is -0.762. The molecule has 1 aromatic carbocycles. The zero-order valence-corrected chi connectivity index (χ0v) is 27.1. The summed E-state index contributed by atoms with van der Waals surface area (Å²) in [5.74, 6) is 0. The van der Waals surface area contributed by atoms with Crippen LogP contribution in [0.2, 0.25) is 0 Å². The molecule has 215 valence electrons. The fraction of sp³-hybridized carbons (Fsp3) is 0.741. The smallest absolute Gasteiger partial charge is 0.112 e. The molecule has 0 saturated heterocycles. The number of nitrogens with zero attached hydrogens (tertiary/aromatic N) is 2. The minimum atomic E-state index is -0.741. The summed E-state index contributed by atoms with van der Waals surface area (Å²) in [5.41, 5.74) is 11.8. The molecule has 1 heterocycles. The number of para-hydroxylation sites is 1. The number of benzene rings is 1. The van der Waals surface area contributed by atoms with Crippen molar-refractivity contribution in [3.63, 3.8) is 0 Å². The van der Waals surface area contributed by atoms with Crippen LogP contribution in [0.25, 0.3) is 11.0 Å². The summed E-state index contributed by atoms with van der Waals surface area (Å²) in [6.45, 7) is 3.16. The van der Waals surface area contributed by atoms with Crippen LogP contribution in [0.3, 0.4) is 0 Å². The van der Waals surface area contributed by atoms with Crippen molar-refractivity contribution in [3.05, 3.63) is 24.3 Å². The van der Waals surface area contributed by atoms with E-state index >= 15 is 0 Å². The number of rotatable bonds is 17. The van der Waals surface area contributed by atoms with Gasteiger partial charge < -0.3 is 5.73 Å². The molecule has 0 unspecified atom stereocenters. The van der Waals surface area contributed by atoms with Crippen LogP contribution >= 0.6 is 21.6 Å². The molecule has 10 heteroatoms. The van der Waals surface area contributed by atoms with Gasteiger partial charge in [-0.15, -0.1) is 5.10 Å². The van der Waals surface area contributed by atoms with Crippen molar-refractivity contribution in [2.75, 3.05) is 19.1 Å². The summed E-state index contributed by atoms with van der Waals surface area (Å²) in [7, 11) is 3.55. The Morgan fingerprint density at radius 1 is 0.838 bits per heavy atom. The third-order valence-corrected chi connectivity index (χ3v) is 7.28. The van der Waals surface area contributed by atoms with E-state index < -0.39 is 6.09 Å². The van der Waals surface area contributed by atoms with Crippen molar-refractivity contribution < 1.29 is 28.4 Å². The van der Waals surface area contributed by atoms with E-state index in [1.807, 2.05) is 24.3 Å².